The third kappa shape index (κ3) is 2.99. The minimum atomic E-state index is -2.93. The average Bonchev–Trinajstić information content (AvgIpc) is 2.99. The van der Waals surface area contributed by atoms with E-state index in [1.54, 1.807) is 36.5 Å². The highest BCUT2D eigenvalue weighted by Gasteiger charge is 2.27. The molecule has 4 nitrogen and oxygen atoms in total. The van der Waals surface area contributed by atoms with Crippen molar-refractivity contribution < 1.29 is 18.7 Å². The van der Waals surface area contributed by atoms with Crippen LogP contribution in [-0.2, 0) is 18.8 Å². The number of hydrogen-bond donors (Lipinski definition) is 1. The van der Waals surface area contributed by atoms with Crippen molar-refractivity contribution in [2.45, 2.75) is 25.7 Å². The van der Waals surface area contributed by atoms with Crippen molar-refractivity contribution in [3.63, 3.8) is 0 Å². The Morgan fingerprint density at radius 3 is 2.58 bits per heavy atom. The van der Waals surface area contributed by atoms with Crippen LogP contribution in [0.3, 0.4) is 0 Å². The molecule has 0 fully saturated rings. The number of aromatic carboxylic acids is 1. The fourth-order valence-corrected chi connectivity index (χ4v) is 2.91. The van der Waals surface area contributed by atoms with E-state index >= 15 is 0 Å². The number of rotatable bonds is 5. The zero-order valence-electron chi connectivity index (χ0n) is 13.0. The molecule has 24 heavy (non-hydrogen) atoms. The molecule has 0 spiro atoms. The number of carboxylic acids is 1. The highest BCUT2D eigenvalue weighted by atomic mass is 19.3. The summed E-state index contributed by atoms with van der Waals surface area (Å²) in [4.78, 5) is 15.7. The molecule has 124 valence electrons. The lowest BCUT2D eigenvalue weighted by molar-refractivity contribution is 0.0165. The largest absolute Gasteiger partial charge is 0.477 e. The number of imidazole rings is 1. The van der Waals surface area contributed by atoms with Crippen LogP contribution in [0, 0.1) is 0 Å². The zero-order chi connectivity index (χ0) is 17.3. The zero-order valence-corrected chi connectivity index (χ0v) is 13.0. The fourth-order valence-electron chi connectivity index (χ4n) is 2.91. The Balaban J connectivity index is 1.95. The van der Waals surface area contributed by atoms with Crippen LogP contribution in [-0.4, -0.2) is 20.5 Å². The van der Waals surface area contributed by atoms with Crippen molar-refractivity contribution in [2.75, 3.05) is 0 Å². The maximum atomic E-state index is 13.7. The predicted octanol–water partition coefficient (Wildman–Crippen LogP) is 3.93. The molecule has 0 unspecified atom stereocenters. The van der Waals surface area contributed by atoms with Gasteiger partial charge in [0.1, 0.15) is 11.3 Å². The maximum absolute atomic E-state index is 13.7. The molecule has 0 aliphatic heterocycles. The second-order valence-corrected chi connectivity index (χ2v) is 5.71. The van der Waals surface area contributed by atoms with Gasteiger partial charge in [-0.1, -0.05) is 30.3 Å². The van der Waals surface area contributed by atoms with Crippen molar-refractivity contribution >= 4 is 11.6 Å². The van der Waals surface area contributed by atoms with Crippen LogP contribution in [0.2, 0.25) is 0 Å². The molecule has 0 atom stereocenters. The third-order valence-corrected chi connectivity index (χ3v) is 4.00. The monoisotopic (exact) mass is 330 g/mol. The van der Waals surface area contributed by atoms with Crippen LogP contribution in [0.25, 0.3) is 5.65 Å². The highest BCUT2D eigenvalue weighted by Crippen LogP contribution is 2.30. The van der Waals surface area contributed by atoms with Gasteiger partial charge in [0, 0.05) is 24.9 Å². The predicted molar refractivity (Wildman–Crippen MR) is 85.6 cm³/mol. The molecular weight excluding hydrogens is 314 g/mol. The van der Waals surface area contributed by atoms with Gasteiger partial charge in [-0.15, -0.1) is 0 Å². The van der Waals surface area contributed by atoms with Crippen molar-refractivity contribution in [1.82, 2.24) is 9.38 Å². The first-order chi connectivity index (χ1) is 11.4. The Morgan fingerprint density at radius 2 is 1.88 bits per heavy atom. The Morgan fingerprint density at radius 1 is 1.17 bits per heavy atom. The summed E-state index contributed by atoms with van der Waals surface area (Å²) >= 11 is 0. The van der Waals surface area contributed by atoms with Gasteiger partial charge in [-0.25, -0.2) is 18.6 Å². The fraction of sp³-hybridized carbons (Fsp3) is 0.222. The maximum Gasteiger partial charge on any atom is 0.353 e. The first-order valence-electron chi connectivity index (χ1n) is 7.52. The molecule has 0 bridgehead atoms. The molecule has 2 aromatic heterocycles. The van der Waals surface area contributed by atoms with Gasteiger partial charge in [-0.05, 0) is 30.0 Å². The first-order valence-corrected chi connectivity index (χ1v) is 7.52. The lowest BCUT2D eigenvalue weighted by atomic mass is 9.96. The summed E-state index contributed by atoms with van der Waals surface area (Å²) in [5.74, 6) is -4.00. The molecule has 0 amide bonds. The lowest BCUT2D eigenvalue weighted by Crippen LogP contribution is -2.13. The number of aryl methyl sites for hydroxylation is 2. The standard InChI is InChI=1S/C18H16F2N2O2/c1-18(19,20)14-5-3-2-4-12(14)6-7-13-8-9-15-21-10-11-22(15)16(13)17(23)24/h2-5,8-11H,6-7H2,1H3,(H,23,24). The number of alkyl halides is 2. The van der Waals surface area contributed by atoms with Crippen molar-refractivity contribution in [3.8, 4) is 0 Å². The van der Waals surface area contributed by atoms with Gasteiger partial charge in [0.2, 0.25) is 0 Å². The molecule has 1 aromatic carbocycles. The van der Waals surface area contributed by atoms with Crippen LogP contribution >= 0.6 is 0 Å². The van der Waals surface area contributed by atoms with Crippen LogP contribution in [0.5, 0.6) is 0 Å². The average molecular weight is 330 g/mol. The smallest absolute Gasteiger partial charge is 0.353 e. The number of carboxylic acid groups (broad SMARTS) is 1. The normalized spacial score (nSPS) is 11.8. The van der Waals surface area contributed by atoms with Crippen LogP contribution < -0.4 is 0 Å². The highest BCUT2D eigenvalue weighted by molar-refractivity contribution is 5.88. The van der Waals surface area contributed by atoms with E-state index in [0.29, 0.717) is 29.6 Å². The van der Waals surface area contributed by atoms with Crippen LogP contribution in [0.4, 0.5) is 8.78 Å². The minimum Gasteiger partial charge on any atom is -0.477 e. The quantitative estimate of drug-likeness (QED) is 0.771. The number of nitrogens with zero attached hydrogens (tertiary/aromatic N) is 2. The summed E-state index contributed by atoms with van der Waals surface area (Å²) in [6.45, 7) is 0.867. The molecule has 0 saturated heterocycles. The second-order valence-electron chi connectivity index (χ2n) is 5.71. The van der Waals surface area contributed by atoms with E-state index in [1.165, 1.54) is 16.7 Å². The summed E-state index contributed by atoms with van der Waals surface area (Å²) in [6, 6.07) is 9.77. The van der Waals surface area contributed by atoms with Gasteiger partial charge in [0.15, 0.2) is 0 Å². The van der Waals surface area contributed by atoms with E-state index < -0.39 is 11.9 Å². The van der Waals surface area contributed by atoms with Gasteiger partial charge in [0.05, 0.1) is 0 Å². The number of fused-ring (bicyclic) bond motifs is 1. The Kier molecular flexibility index (Phi) is 4.05. The molecule has 3 rings (SSSR count). The number of pyridine rings is 1. The van der Waals surface area contributed by atoms with Gasteiger partial charge >= 0.3 is 5.97 Å². The van der Waals surface area contributed by atoms with E-state index in [2.05, 4.69) is 4.98 Å². The van der Waals surface area contributed by atoms with Gasteiger partial charge < -0.3 is 5.11 Å². The van der Waals surface area contributed by atoms with Gasteiger partial charge in [0.25, 0.3) is 5.92 Å². The molecule has 0 radical (unpaired) electrons. The number of hydrogen-bond acceptors (Lipinski definition) is 2. The third-order valence-electron chi connectivity index (χ3n) is 4.00. The summed E-state index contributed by atoms with van der Waals surface area (Å²) in [5.41, 5.74) is 1.74. The SMILES string of the molecule is CC(F)(F)c1ccccc1CCc1ccc2nccn2c1C(=O)O. The van der Waals surface area contributed by atoms with Crippen molar-refractivity contribution in [1.29, 1.82) is 0 Å². The summed E-state index contributed by atoms with van der Waals surface area (Å²) in [6.07, 6.45) is 3.79. The van der Waals surface area contributed by atoms with E-state index in [0.717, 1.165) is 6.92 Å². The van der Waals surface area contributed by atoms with E-state index in [1.807, 2.05) is 0 Å². The molecule has 3 aromatic rings. The Hall–Kier alpha value is -2.76. The second kappa shape index (κ2) is 6.03. The lowest BCUT2D eigenvalue weighted by Gasteiger charge is -2.16. The van der Waals surface area contributed by atoms with E-state index in [-0.39, 0.29) is 11.3 Å². The Bertz CT molecular complexity index is 897. The van der Waals surface area contributed by atoms with E-state index in [9.17, 15) is 18.7 Å². The first kappa shape index (κ1) is 16.1. The van der Waals surface area contributed by atoms with Crippen LogP contribution in [0.1, 0.15) is 34.1 Å². The van der Waals surface area contributed by atoms with Gasteiger partial charge in [-0.2, -0.15) is 0 Å². The minimum absolute atomic E-state index is 0.0226. The number of aromatic nitrogens is 2. The number of carbonyl (C=O) groups is 1. The summed E-state index contributed by atoms with van der Waals surface area (Å²) < 4.78 is 28.9. The van der Waals surface area contributed by atoms with Crippen molar-refractivity contribution in [3.05, 3.63) is 71.2 Å². The van der Waals surface area contributed by atoms with Gasteiger partial charge in [-0.3, -0.25) is 4.40 Å². The molecule has 0 aliphatic carbocycles. The summed E-state index contributed by atoms with van der Waals surface area (Å²) in [7, 11) is 0. The molecule has 0 aliphatic rings. The molecule has 6 heteroatoms. The molecular formula is C18H16F2N2O2. The van der Waals surface area contributed by atoms with Crippen molar-refractivity contribution in [2.24, 2.45) is 0 Å². The van der Waals surface area contributed by atoms with E-state index in [4.69, 9.17) is 0 Å². The number of benzene rings is 1. The topological polar surface area (TPSA) is 54.6 Å². The summed E-state index contributed by atoms with van der Waals surface area (Å²) in [5, 5.41) is 9.49. The number of halogens is 2. The molecule has 0 saturated carbocycles. The van der Waals surface area contributed by atoms with Crippen LogP contribution in [0.15, 0.2) is 48.8 Å². The molecule has 1 N–H and O–H groups in total. The Labute approximate surface area is 137 Å². The molecule has 2 heterocycles.